The van der Waals surface area contributed by atoms with E-state index in [1.165, 1.54) is 0 Å². The van der Waals surface area contributed by atoms with Gasteiger partial charge in [0.15, 0.2) is 6.61 Å². The minimum absolute atomic E-state index is 0.0749. The molecule has 0 amide bonds. The number of hydrogen-bond acceptors (Lipinski definition) is 7. The van der Waals surface area contributed by atoms with Crippen LogP contribution in [0.5, 0.6) is 17.2 Å². The fourth-order valence-electron chi connectivity index (χ4n) is 2.18. The van der Waals surface area contributed by atoms with Gasteiger partial charge in [0.05, 0.1) is 15.5 Å². The van der Waals surface area contributed by atoms with Crippen LogP contribution in [-0.2, 0) is 20.4 Å². The molecule has 0 bridgehead atoms. The second-order valence-electron chi connectivity index (χ2n) is 5.63. The summed E-state index contributed by atoms with van der Waals surface area (Å²) in [6, 6.07) is 5.61. The van der Waals surface area contributed by atoms with E-state index in [1.807, 2.05) is 0 Å². The first-order chi connectivity index (χ1) is 14.6. The highest BCUT2D eigenvalue weighted by atomic mass is 35.5. The highest BCUT2D eigenvalue weighted by molar-refractivity contribution is 6.32. The molecule has 0 N–H and O–H groups in total. The Bertz CT molecular complexity index is 1020. The van der Waals surface area contributed by atoms with Crippen LogP contribution in [0, 0.1) is 22.5 Å². The predicted octanol–water partition coefficient (Wildman–Crippen LogP) is 4.59. The van der Waals surface area contributed by atoms with E-state index in [0.29, 0.717) is 6.07 Å². The summed E-state index contributed by atoms with van der Waals surface area (Å²) in [5, 5.41) is 10.9. The van der Waals surface area contributed by atoms with Crippen LogP contribution in [-0.4, -0.2) is 30.9 Å². The van der Waals surface area contributed by atoms with Gasteiger partial charge in [-0.1, -0.05) is 17.5 Å². The third kappa shape index (κ3) is 6.24. The molecule has 2 aromatic carbocycles. The molecule has 1 atom stereocenters. The minimum atomic E-state index is -4.60. The molecule has 0 aliphatic carbocycles. The molecule has 0 spiro atoms. The summed E-state index contributed by atoms with van der Waals surface area (Å²) in [6.07, 6.45) is -1.30. The van der Waals surface area contributed by atoms with Crippen LogP contribution in [0.1, 0.15) is 5.56 Å². The molecule has 0 radical (unpaired) electrons. The van der Waals surface area contributed by atoms with Crippen molar-refractivity contribution in [3.8, 4) is 29.6 Å². The SMILES string of the molecule is C#CCOC(=O)C(OC)Oc1cc(Oc2ccc(C(F)(F)F)cc2Cl)ccc1[N+](=O)[O-]. The van der Waals surface area contributed by atoms with Crippen LogP contribution >= 0.6 is 11.6 Å². The van der Waals surface area contributed by atoms with Gasteiger partial charge in [-0.3, -0.25) is 10.1 Å². The third-order valence-electron chi connectivity index (χ3n) is 3.55. The van der Waals surface area contributed by atoms with E-state index in [-0.39, 0.29) is 23.1 Å². The van der Waals surface area contributed by atoms with E-state index in [0.717, 1.165) is 37.4 Å². The van der Waals surface area contributed by atoms with Gasteiger partial charge in [-0.25, -0.2) is 4.79 Å². The maximum absolute atomic E-state index is 12.8. The lowest BCUT2D eigenvalue weighted by Gasteiger charge is -2.16. The molecule has 0 heterocycles. The average Bonchev–Trinajstić information content (AvgIpc) is 2.70. The Hall–Kier alpha value is -3.49. The van der Waals surface area contributed by atoms with Crippen LogP contribution in [0.4, 0.5) is 18.9 Å². The summed E-state index contributed by atoms with van der Waals surface area (Å²) in [6.45, 7) is -0.375. The number of nitro benzene ring substituents is 1. The second-order valence-corrected chi connectivity index (χ2v) is 6.04. The van der Waals surface area contributed by atoms with Gasteiger partial charge >= 0.3 is 17.8 Å². The number of halogens is 4. The van der Waals surface area contributed by atoms with Crippen LogP contribution in [0.15, 0.2) is 36.4 Å². The molecule has 0 aliphatic heterocycles. The average molecular weight is 460 g/mol. The van der Waals surface area contributed by atoms with E-state index in [1.54, 1.807) is 0 Å². The summed E-state index contributed by atoms with van der Waals surface area (Å²) in [4.78, 5) is 22.3. The van der Waals surface area contributed by atoms with Crippen molar-refractivity contribution in [3.05, 3.63) is 57.1 Å². The van der Waals surface area contributed by atoms with Crippen molar-refractivity contribution in [2.45, 2.75) is 12.5 Å². The van der Waals surface area contributed by atoms with Crippen molar-refractivity contribution in [1.29, 1.82) is 0 Å². The van der Waals surface area contributed by atoms with Gasteiger partial charge in [-0.2, -0.15) is 13.2 Å². The fraction of sp³-hybridized carbons (Fsp3) is 0.211. The smallest absolute Gasteiger partial charge is 0.416 e. The van der Waals surface area contributed by atoms with E-state index in [2.05, 4.69) is 10.7 Å². The number of nitrogens with zero attached hydrogens (tertiary/aromatic N) is 1. The number of nitro groups is 1. The number of carbonyl (C=O) groups is 1. The lowest BCUT2D eigenvalue weighted by Crippen LogP contribution is -2.31. The van der Waals surface area contributed by atoms with Gasteiger partial charge in [0.2, 0.25) is 5.75 Å². The Morgan fingerprint density at radius 1 is 1.26 bits per heavy atom. The minimum Gasteiger partial charge on any atom is -0.456 e. The van der Waals surface area contributed by atoms with E-state index >= 15 is 0 Å². The summed E-state index contributed by atoms with van der Waals surface area (Å²) in [7, 11) is 1.09. The van der Waals surface area contributed by atoms with Crippen molar-refractivity contribution < 1.29 is 41.8 Å². The molecule has 0 saturated carbocycles. The summed E-state index contributed by atoms with van der Waals surface area (Å²) >= 11 is 5.84. The Kier molecular flexibility index (Phi) is 7.68. The summed E-state index contributed by atoms with van der Waals surface area (Å²) in [5.74, 6) is 0.368. The van der Waals surface area contributed by atoms with Crippen molar-refractivity contribution in [2.24, 2.45) is 0 Å². The highest BCUT2D eigenvalue weighted by Gasteiger charge is 2.31. The van der Waals surface area contributed by atoms with Gasteiger partial charge in [0.25, 0.3) is 6.29 Å². The van der Waals surface area contributed by atoms with Gasteiger partial charge in [-0.15, -0.1) is 6.42 Å². The molecular weight excluding hydrogens is 447 g/mol. The molecule has 12 heteroatoms. The molecule has 164 valence electrons. The first kappa shape index (κ1) is 23.8. The van der Waals surface area contributed by atoms with Crippen LogP contribution < -0.4 is 9.47 Å². The number of hydrogen-bond donors (Lipinski definition) is 0. The zero-order valence-corrected chi connectivity index (χ0v) is 16.4. The number of benzene rings is 2. The number of alkyl halides is 3. The summed E-state index contributed by atoms with van der Waals surface area (Å²) < 4.78 is 58.4. The lowest BCUT2D eigenvalue weighted by molar-refractivity contribution is -0.386. The number of rotatable bonds is 8. The quantitative estimate of drug-likeness (QED) is 0.187. The number of ether oxygens (including phenoxy) is 4. The molecule has 2 aromatic rings. The lowest BCUT2D eigenvalue weighted by atomic mass is 10.2. The number of esters is 1. The zero-order valence-electron chi connectivity index (χ0n) is 15.6. The first-order valence-electron chi connectivity index (χ1n) is 8.19. The van der Waals surface area contributed by atoms with Crippen molar-refractivity contribution in [2.75, 3.05) is 13.7 Å². The fourth-order valence-corrected chi connectivity index (χ4v) is 2.40. The van der Waals surface area contributed by atoms with E-state index in [4.69, 9.17) is 32.2 Å². The zero-order chi connectivity index (χ0) is 23.2. The van der Waals surface area contributed by atoms with Crippen LogP contribution in [0.25, 0.3) is 0 Å². The first-order valence-corrected chi connectivity index (χ1v) is 8.57. The molecule has 1 unspecified atom stereocenters. The van der Waals surface area contributed by atoms with Crippen LogP contribution in [0.3, 0.4) is 0 Å². The Morgan fingerprint density at radius 2 is 1.97 bits per heavy atom. The molecule has 0 aromatic heterocycles. The molecule has 8 nitrogen and oxygen atoms in total. The normalized spacial score (nSPS) is 11.9. The van der Waals surface area contributed by atoms with Crippen molar-refractivity contribution in [3.63, 3.8) is 0 Å². The Morgan fingerprint density at radius 3 is 2.52 bits per heavy atom. The van der Waals surface area contributed by atoms with Gasteiger partial charge < -0.3 is 18.9 Å². The van der Waals surface area contributed by atoms with Gasteiger partial charge in [0.1, 0.15) is 11.5 Å². The number of carbonyl (C=O) groups excluding carboxylic acids is 1. The maximum atomic E-state index is 12.8. The molecule has 2 rings (SSSR count). The Balaban J connectivity index is 2.32. The van der Waals surface area contributed by atoms with Gasteiger partial charge in [0, 0.05) is 19.2 Å². The third-order valence-corrected chi connectivity index (χ3v) is 3.85. The maximum Gasteiger partial charge on any atom is 0.416 e. The topological polar surface area (TPSA) is 97.1 Å². The molecule has 0 aliphatic rings. The molecular formula is C19H13ClF3NO7. The molecule has 0 saturated heterocycles. The molecule has 31 heavy (non-hydrogen) atoms. The van der Waals surface area contributed by atoms with Gasteiger partial charge in [-0.05, 0) is 24.3 Å². The van der Waals surface area contributed by atoms with Crippen LogP contribution in [0.2, 0.25) is 5.02 Å². The van der Waals surface area contributed by atoms with E-state index < -0.39 is 40.4 Å². The van der Waals surface area contributed by atoms with E-state index in [9.17, 15) is 28.1 Å². The monoisotopic (exact) mass is 459 g/mol. The number of methoxy groups -OCH3 is 1. The van der Waals surface area contributed by atoms with Crippen molar-refractivity contribution >= 4 is 23.3 Å². The highest BCUT2D eigenvalue weighted by Crippen LogP contribution is 2.38. The Labute approximate surface area is 178 Å². The predicted molar refractivity (Wildman–Crippen MR) is 101 cm³/mol. The number of terminal acetylenes is 1. The second kappa shape index (κ2) is 10.0. The molecule has 0 fully saturated rings. The largest absolute Gasteiger partial charge is 0.456 e. The standard InChI is InChI=1S/C19H13ClF3NO7/c1-3-8-29-17(25)18(28-2)31-16-10-12(5-6-14(16)24(26)27)30-15-7-4-11(9-13(15)20)19(21,22)23/h1,4-7,9-10,18H,8H2,2H3. The van der Waals surface area contributed by atoms with Crippen molar-refractivity contribution in [1.82, 2.24) is 0 Å². The summed E-state index contributed by atoms with van der Waals surface area (Å²) in [5.41, 5.74) is -1.52.